The molecule has 438 valence electrons. The van der Waals surface area contributed by atoms with Gasteiger partial charge in [-0.1, -0.05) is 239 Å². The molecule has 0 amide bonds. The lowest BCUT2D eigenvalue weighted by Gasteiger charge is -2.46. The van der Waals surface area contributed by atoms with Gasteiger partial charge < -0.3 is 9.80 Å². The Bertz CT molecular complexity index is 5680. The topological polar surface area (TPSA) is 6.48 Å². The third kappa shape index (κ3) is 7.47. The van der Waals surface area contributed by atoms with Gasteiger partial charge in [-0.05, 0) is 155 Å². The van der Waals surface area contributed by atoms with Crippen molar-refractivity contribution in [2.75, 3.05) is 9.80 Å². The third-order valence-electron chi connectivity index (χ3n) is 20.8. The van der Waals surface area contributed by atoms with Gasteiger partial charge in [0.1, 0.15) is 0 Å². The van der Waals surface area contributed by atoms with E-state index in [0.717, 1.165) is 11.4 Å². The quantitative estimate of drug-likeness (QED) is 0.121. The summed E-state index contributed by atoms with van der Waals surface area (Å²) in [7, 11) is -3.30. The summed E-state index contributed by atoms with van der Waals surface area (Å²) in [5, 5.41) is 11.8. The first-order chi connectivity index (χ1) is 45.7. The number of thiophene rings is 3. The van der Waals surface area contributed by atoms with E-state index in [1.807, 2.05) is 45.8 Å². The zero-order valence-electron chi connectivity index (χ0n) is 51.3. The lowest BCUT2D eigenvalue weighted by Crippen LogP contribution is -2.75. The molecule has 2 nitrogen and oxygen atoms in total. The summed E-state index contributed by atoms with van der Waals surface area (Å²) in [6, 6.07) is 114. The Labute approximate surface area is 558 Å². The zero-order chi connectivity index (χ0) is 61.5. The van der Waals surface area contributed by atoms with E-state index in [1.165, 1.54) is 158 Å². The standard InChI is InChI=1S/C85H57BN2S4Si/c1-84(2,3)52-39-44-76-64(47-52)81-83(92-76)86-69-43-42-68-79(61-31-13-16-32-65(61)85(68)66-33-17-21-37-77(66)91-78-38-22-18-34-67(78)85)82(69)88(54-41-46-75-63(49-54)60-30-15-20-36-73(60)90-75)71-51-58(93(55-23-7-4-8-24-55,56-25-9-5-10-26-56)57-27-11-6-12-28-57)50-70(80(71)86)87(81)53-40-45-74-62(48-53)59-29-14-19-35-72(59)89-74/h4-51H,1-3H3. The smallest absolute Gasteiger partial charge is 0.264 e. The van der Waals surface area contributed by atoms with Crippen LogP contribution in [0, 0.1) is 0 Å². The lowest BCUT2D eigenvalue weighted by molar-refractivity contribution is 0.591. The molecule has 0 atom stereocenters. The molecule has 0 N–H and O–H groups in total. The van der Waals surface area contributed by atoms with Gasteiger partial charge in [-0.25, -0.2) is 0 Å². The fourth-order valence-corrected chi connectivity index (χ4v) is 26.3. The van der Waals surface area contributed by atoms with Crippen LogP contribution in [0.1, 0.15) is 48.6 Å². The third-order valence-corrected chi connectivity index (χ3v) is 30.2. The van der Waals surface area contributed by atoms with Crippen molar-refractivity contribution in [1.29, 1.82) is 0 Å². The molecule has 1 aliphatic carbocycles. The second-order valence-electron chi connectivity index (χ2n) is 26.5. The highest BCUT2D eigenvalue weighted by molar-refractivity contribution is 7.99. The van der Waals surface area contributed by atoms with Gasteiger partial charge in [0, 0.05) is 99.0 Å². The maximum atomic E-state index is 2.79. The van der Waals surface area contributed by atoms with E-state index in [9.17, 15) is 0 Å². The fraction of sp³-hybridized carbons (Fsp3) is 0.0588. The number of benzene rings is 13. The summed E-state index contributed by atoms with van der Waals surface area (Å²) in [5.41, 5.74) is 18.5. The van der Waals surface area contributed by atoms with Crippen molar-refractivity contribution >= 4 is 182 Å². The highest BCUT2D eigenvalue weighted by Crippen LogP contribution is 2.65. The highest BCUT2D eigenvalue weighted by Gasteiger charge is 2.55. The van der Waals surface area contributed by atoms with Crippen LogP contribution in [-0.2, 0) is 10.8 Å². The van der Waals surface area contributed by atoms with E-state index < -0.39 is 13.5 Å². The average molecular weight is 1270 g/mol. The minimum absolute atomic E-state index is 0.0902. The molecule has 0 saturated carbocycles. The number of hydrogen-bond donors (Lipinski definition) is 0. The van der Waals surface area contributed by atoms with Gasteiger partial charge in [-0.2, -0.15) is 0 Å². The molecule has 0 unspecified atom stereocenters. The average Bonchev–Trinajstić information content (AvgIpc) is 1.58. The normalized spacial score (nSPS) is 14.2. The Hall–Kier alpha value is -9.51. The second kappa shape index (κ2) is 20.0. The van der Waals surface area contributed by atoms with E-state index in [-0.39, 0.29) is 12.1 Å². The molecule has 0 radical (unpaired) electrons. The summed E-state index contributed by atoms with van der Waals surface area (Å²) in [6.45, 7) is 6.95. The molecule has 3 aliphatic heterocycles. The summed E-state index contributed by atoms with van der Waals surface area (Å²) in [6.07, 6.45) is 0. The van der Waals surface area contributed by atoms with Crippen molar-refractivity contribution in [2.24, 2.45) is 0 Å². The van der Waals surface area contributed by atoms with Gasteiger partial charge in [0.2, 0.25) is 0 Å². The molecule has 0 saturated heterocycles. The predicted octanol–water partition coefficient (Wildman–Crippen LogP) is 19.2. The van der Waals surface area contributed by atoms with Crippen LogP contribution < -0.4 is 46.2 Å². The molecule has 1 spiro atoms. The van der Waals surface area contributed by atoms with Crippen LogP contribution in [-0.4, -0.2) is 14.8 Å². The van der Waals surface area contributed by atoms with Crippen LogP contribution in [0.3, 0.4) is 0 Å². The molecular formula is C85H57BN2S4Si. The summed E-state index contributed by atoms with van der Waals surface area (Å²) < 4.78 is 7.86. The second-order valence-corrected chi connectivity index (χ2v) is 34.7. The van der Waals surface area contributed by atoms with Crippen molar-refractivity contribution in [3.8, 4) is 11.1 Å². The molecule has 13 aromatic carbocycles. The number of anilines is 6. The van der Waals surface area contributed by atoms with E-state index in [1.54, 1.807) is 0 Å². The van der Waals surface area contributed by atoms with Crippen molar-refractivity contribution in [3.05, 3.63) is 319 Å². The van der Waals surface area contributed by atoms with Gasteiger partial charge in [-0.3, -0.25) is 0 Å². The minimum Gasteiger partial charge on any atom is -0.311 e. The van der Waals surface area contributed by atoms with Gasteiger partial charge in [0.05, 0.1) is 11.1 Å². The maximum absolute atomic E-state index is 3.30. The van der Waals surface area contributed by atoms with Crippen LogP contribution in [0.25, 0.3) is 61.6 Å². The Balaban J connectivity index is 1.000. The molecule has 4 aliphatic rings. The molecule has 20 rings (SSSR count). The largest absolute Gasteiger partial charge is 0.311 e. The van der Waals surface area contributed by atoms with Crippen molar-refractivity contribution in [1.82, 2.24) is 0 Å². The molecule has 0 fully saturated rings. The molecular weight excluding hydrogens is 1220 g/mol. The Kier molecular flexibility index (Phi) is 11.6. The first-order valence-corrected chi connectivity index (χ1v) is 37.5. The molecule has 93 heavy (non-hydrogen) atoms. The highest BCUT2D eigenvalue weighted by atomic mass is 32.2. The SMILES string of the molecule is CC(C)(C)c1ccc2sc3c(c2c1)N(c1ccc2sc4ccccc4c2c1)c1cc([Si](c2ccccc2)(c2ccccc2)c2ccccc2)cc2c1B3c1ccc3c(c1N2c1ccc2sc4ccccc4c2c1)-c1ccccc1C31c2ccccc2Sc2ccccc21. The Morgan fingerprint density at radius 2 is 0.839 bits per heavy atom. The van der Waals surface area contributed by atoms with E-state index >= 15 is 0 Å². The predicted molar refractivity (Wildman–Crippen MR) is 405 cm³/mol. The van der Waals surface area contributed by atoms with Gasteiger partial charge in [0.15, 0.2) is 8.07 Å². The number of nitrogens with zero attached hydrogens (tertiary/aromatic N) is 2. The molecule has 0 bridgehead atoms. The van der Waals surface area contributed by atoms with Crippen molar-refractivity contribution in [2.45, 2.75) is 41.4 Å². The van der Waals surface area contributed by atoms with Gasteiger partial charge in [0.25, 0.3) is 6.71 Å². The summed E-state index contributed by atoms with van der Waals surface area (Å²) in [4.78, 5) is 8.14. The molecule has 8 heteroatoms. The van der Waals surface area contributed by atoms with Crippen molar-refractivity contribution in [3.63, 3.8) is 0 Å². The number of fused-ring (bicyclic) bond motifs is 22. The van der Waals surface area contributed by atoms with E-state index in [2.05, 4.69) is 322 Å². The van der Waals surface area contributed by atoms with Crippen LogP contribution >= 0.6 is 45.8 Å². The zero-order valence-corrected chi connectivity index (χ0v) is 55.6. The minimum atomic E-state index is -3.30. The summed E-state index contributed by atoms with van der Waals surface area (Å²) in [5.74, 6) is 0. The van der Waals surface area contributed by atoms with E-state index in [4.69, 9.17) is 0 Å². The van der Waals surface area contributed by atoms with E-state index in [0.29, 0.717) is 0 Å². The molecule has 3 aromatic heterocycles. The maximum Gasteiger partial charge on any atom is 0.264 e. The first kappa shape index (κ1) is 54.1. The number of hydrogen-bond acceptors (Lipinski definition) is 6. The molecule has 6 heterocycles. The number of rotatable bonds is 6. The molecule has 16 aromatic rings. The monoisotopic (exact) mass is 1270 g/mol. The van der Waals surface area contributed by atoms with Crippen molar-refractivity contribution < 1.29 is 0 Å². The van der Waals surface area contributed by atoms with Crippen LogP contribution in [0.2, 0.25) is 0 Å². The van der Waals surface area contributed by atoms with Crippen LogP contribution in [0.5, 0.6) is 0 Å². The van der Waals surface area contributed by atoms with Gasteiger partial charge in [-0.15, -0.1) is 34.0 Å². The van der Waals surface area contributed by atoms with Gasteiger partial charge >= 0.3 is 0 Å². The Morgan fingerprint density at radius 1 is 0.366 bits per heavy atom. The van der Waals surface area contributed by atoms with Crippen LogP contribution in [0.4, 0.5) is 34.1 Å². The lowest BCUT2D eigenvalue weighted by atomic mass is 9.36. The Morgan fingerprint density at radius 3 is 1.41 bits per heavy atom. The van der Waals surface area contributed by atoms with Crippen LogP contribution in [0.15, 0.2) is 301 Å². The fourth-order valence-electron chi connectivity index (χ4n) is 16.9. The first-order valence-electron chi connectivity index (χ1n) is 32.2. The summed E-state index contributed by atoms with van der Waals surface area (Å²) >= 11 is 7.70.